The minimum Gasteiger partial charge on any atom is -0.507 e. The summed E-state index contributed by atoms with van der Waals surface area (Å²) in [7, 11) is 0. The summed E-state index contributed by atoms with van der Waals surface area (Å²) >= 11 is 0. The molecule has 0 heterocycles. The molecule has 6 nitrogen and oxygen atoms in total. The number of phenols is 2. The Morgan fingerprint density at radius 1 is 0.773 bits per heavy atom. The van der Waals surface area contributed by atoms with Gasteiger partial charge in [0.2, 0.25) is 0 Å². The Morgan fingerprint density at radius 2 is 1.14 bits per heavy atom. The molecule has 0 aliphatic rings. The van der Waals surface area contributed by atoms with Crippen molar-refractivity contribution in [2.45, 2.75) is 13.8 Å². The normalized spacial score (nSPS) is 10.8. The first-order valence-corrected chi connectivity index (χ1v) is 6.48. The molecule has 0 unspecified atom stereocenters. The highest BCUT2D eigenvalue weighted by Gasteiger charge is 2.08. The van der Waals surface area contributed by atoms with Crippen LogP contribution in [-0.4, -0.2) is 21.8 Å². The number of nitrogens with zero attached hydrogens (tertiary/aromatic N) is 2. The third-order valence-electron chi connectivity index (χ3n) is 3.00. The van der Waals surface area contributed by atoms with Crippen LogP contribution < -0.4 is 0 Å². The molecule has 0 saturated heterocycles. The van der Waals surface area contributed by atoms with Crippen molar-refractivity contribution < 1.29 is 19.8 Å². The van der Waals surface area contributed by atoms with Crippen molar-refractivity contribution in [1.29, 1.82) is 0 Å². The van der Waals surface area contributed by atoms with Gasteiger partial charge in [-0.15, -0.1) is 0 Å². The lowest BCUT2D eigenvalue weighted by atomic mass is 10.1. The van der Waals surface area contributed by atoms with Crippen molar-refractivity contribution >= 4 is 22.9 Å². The van der Waals surface area contributed by atoms with Gasteiger partial charge in [-0.3, -0.25) is 9.59 Å². The Bertz CT molecular complexity index is 716. The largest absolute Gasteiger partial charge is 0.507 e. The third-order valence-corrected chi connectivity index (χ3v) is 3.00. The Hall–Kier alpha value is -3.02. The van der Waals surface area contributed by atoms with Crippen molar-refractivity contribution in [3.05, 3.63) is 47.5 Å². The lowest BCUT2D eigenvalue weighted by molar-refractivity contribution is 0.100. The van der Waals surface area contributed by atoms with Crippen molar-refractivity contribution in [3.8, 4) is 11.5 Å². The molecule has 0 atom stereocenters. The first kappa shape index (κ1) is 15.4. The highest BCUT2D eigenvalue weighted by atomic mass is 16.3. The van der Waals surface area contributed by atoms with Gasteiger partial charge in [0.05, 0.1) is 22.5 Å². The SMILES string of the molecule is CC(=O)c1cc(N=Nc2ccc(O)c(C(C)=O)c2)ccc1O. The Kier molecular flexibility index (Phi) is 4.31. The van der Waals surface area contributed by atoms with E-state index in [9.17, 15) is 19.8 Å². The van der Waals surface area contributed by atoms with Gasteiger partial charge in [0, 0.05) is 0 Å². The number of Topliss-reactive ketones (excluding diaryl/α,β-unsaturated/α-hetero) is 2. The quantitative estimate of drug-likeness (QED) is 0.660. The van der Waals surface area contributed by atoms with Crippen molar-refractivity contribution in [3.63, 3.8) is 0 Å². The predicted octanol–water partition coefficient (Wildman–Crippen LogP) is 3.92. The van der Waals surface area contributed by atoms with Crippen LogP contribution in [0.2, 0.25) is 0 Å². The maximum absolute atomic E-state index is 11.4. The summed E-state index contributed by atoms with van der Waals surface area (Å²) in [6.45, 7) is 2.68. The highest BCUT2D eigenvalue weighted by Crippen LogP contribution is 2.27. The van der Waals surface area contributed by atoms with Crippen LogP contribution in [0.15, 0.2) is 46.6 Å². The Labute approximate surface area is 126 Å². The molecule has 6 heteroatoms. The lowest BCUT2D eigenvalue weighted by Gasteiger charge is -2.02. The fourth-order valence-electron chi connectivity index (χ4n) is 1.85. The zero-order valence-electron chi connectivity index (χ0n) is 12.1. The van der Waals surface area contributed by atoms with Crippen molar-refractivity contribution in [1.82, 2.24) is 0 Å². The molecule has 0 aliphatic heterocycles. The van der Waals surface area contributed by atoms with E-state index in [2.05, 4.69) is 10.2 Å². The molecule has 22 heavy (non-hydrogen) atoms. The van der Waals surface area contributed by atoms with E-state index in [-0.39, 0.29) is 34.2 Å². The van der Waals surface area contributed by atoms with Gasteiger partial charge in [-0.25, -0.2) is 0 Å². The number of ketones is 2. The van der Waals surface area contributed by atoms with Gasteiger partial charge in [-0.2, -0.15) is 10.2 Å². The van der Waals surface area contributed by atoms with Crippen LogP contribution in [0.3, 0.4) is 0 Å². The molecule has 2 rings (SSSR count). The van der Waals surface area contributed by atoms with Crippen LogP contribution in [0, 0.1) is 0 Å². The molecule has 2 aromatic carbocycles. The molecule has 0 bridgehead atoms. The summed E-state index contributed by atoms with van der Waals surface area (Å²) in [4.78, 5) is 22.7. The number of phenolic OH excluding ortho intramolecular Hbond substituents is 2. The number of azo groups is 1. The van der Waals surface area contributed by atoms with E-state index in [4.69, 9.17) is 0 Å². The average Bonchev–Trinajstić information content (AvgIpc) is 2.47. The summed E-state index contributed by atoms with van der Waals surface area (Å²) in [5, 5.41) is 27.0. The molecule has 0 aromatic heterocycles. The van der Waals surface area contributed by atoms with E-state index in [1.165, 1.54) is 50.2 Å². The second kappa shape index (κ2) is 6.17. The molecular formula is C16H14N2O4. The monoisotopic (exact) mass is 298 g/mol. The van der Waals surface area contributed by atoms with Crippen molar-refractivity contribution in [2.24, 2.45) is 10.2 Å². The number of carbonyl (C=O) groups excluding carboxylic acids is 2. The van der Waals surface area contributed by atoms with Crippen LogP contribution in [-0.2, 0) is 0 Å². The zero-order chi connectivity index (χ0) is 16.3. The van der Waals surface area contributed by atoms with Gasteiger partial charge >= 0.3 is 0 Å². The van der Waals surface area contributed by atoms with Gasteiger partial charge in [0.25, 0.3) is 0 Å². The summed E-state index contributed by atoms with van der Waals surface area (Å²) in [6.07, 6.45) is 0. The fraction of sp³-hybridized carbons (Fsp3) is 0.125. The molecule has 0 saturated carbocycles. The Morgan fingerprint density at radius 3 is 1.45 bits per heavy atom. The molecule has 0 amide bonds. The number of rotatable bonds is 4. The zero-order valence-corrected chi connectivity index (χ0v) is 12.1. The average molecular weight is 298 g/mol. The number of carbonyl (C=O) groups is 2. The first-order chi connectivity index (χ1) is 10.4. The molecule has 0 radical (unpaired) electrons. The number of hydrogen-bond acceptors (Lipinski definition) is 6. The third kappa shape index (κ3) is 3.35. The molecule has 0 fully saturated rings. The molecule has 2 aromatic rings. The van der Waals surface area contributed by atoms with Crippen LogP contribution >= 0.6 is 0 Å². The number of benzene rings is 2. The van der Waals surface area contributed by atoms with Gasteiger partial charge in [-0.1, -0.05) is 0 Å². The topological polar surface area (TPSA) is 99.3 Å². The van der Waals surface area contributed by atoms with Crippen molar-refractivity contribution in [2.75, 3.05) is 0 Å². The molecule has 112 valence electrons. The molecule has 0 spiro atoms. The number of hydrogen-bond donors (Lipinski definition) is 2. The standard InChI is InChI=1S/C16H14N2O4/c1-9(19)13-7-11(3-5-15(13)21)17-18-12-4-6-16(22)14(8-12)10(2)20/h3-8,21-22H,1-2H3. The van der Waals surface area contributed by atoms with Crippen LogP contribution in [0.5, 0.6) is 11.5 Å². The van der Waals surface area contributed by atoms with Gasteiger partial charge in [0.1, 0.15) is 11.5 Å². The fourth-order valence-corrected chi connectivity index (χ4v) is 1.85. The number of aromatic hydroxyl groups is 2. The minimum absolute atomic E-state index is 0.116. The van der Waals surface area contributed by atoms with E-state index >= 15 is 0 Å². The Balaban J connectivity index is 2.33. The summed E-state index contributed by atoms with van der Waals surface area (Å²) in [5.41, 5.74) is 1.10. The van der Waals surface area contributed by atoms with E-state index < -0.39 is 0 Å². The molecule has 2 N–H and O–H groups in total. The smallest absolute Gasteiger partial charge is 0.163 e. The summed E-state index contributed by atoms with van der Waals surface area (Å²) < 4.78 is 0. The van der Waals surface area contributed by atoms with Crippen LogP contribution in [0.1, 0.15) is 34.6 Å². The van der Waals surface area contributed by atoms with Gasteiger partial charge in [-0.05, 0) is 50.2 Å². The summed E-state index contributed by atoms with van der Waals surface area (Å²) in [6, 6.07) is 8.60. The van der Waals surface area contributed by atoms with Gasteiger partial charge in [0.15, 0.2) is 11.6 Å². The minimum atomic E-state index is -0.280. The second-order valence-electron chi connectivity index (χ2n) is 4.72. The highest BCUT2D eigenvalue weighted by molar-refractivity contribution is 5.98. The maximum Gasteiger partial charge on any atom is 0.163 e. The summed E-state index contributed by atoms with van der Waals surface area (Å²) in [5.74, 6) is -0.791. The van der Waals surface area contributed by atoms with E-state index in [1.807, 2.05) is 0 Å². The lowest BCUT2D eigenvalue weighted by Crippen LogP contribution is -1.92. The maximum atomic E-state index is 11.4. The predicted molar refractivity (Wildman–Crippen MR) is 80.4 cm³/mol. The van der Waals surface area contributed by atoms with E-state index in [0.29, 0.717) is 11.4 Å². The second-order valence-corrected chi connectivity index (χ2v) is 4.72. The van der Waals surface area contributed by atoms with E-state index in [1.54, 1.807) is 0 Å². The van der Waals surface area contributed by atoms with E-state index in [0.717, 1.165) is 0 Å². The van der Waals surface area contributed by atoms with Gasteiger partial charge < -0.3 is 10.2 Å². The van der Waals surface area contributed by atoms with Crippen LogP contribution in [0.4, 0.5) is 11.4 Å². The molecular weight excluding hydrogens is 284 g/mol. The first-order valence-electron chi connectivity index (χ1n) is 6.48. The van der Waals surface area contributed by atoms with Crippen LogP contribution in [0.25, 0.3) is 0 Å². The molecule has 0 aliphatic carbocycles.